The summed E-state index contributed by atoms with van der Waals surface area (Å²) in [5.41, 5.74) is 0.252. The second-order valence-corrected chi connectivity index (χ2v) is 6.61. The minimum Gasteiger partial charge on any atom is -0.393 e. The minimum atomic E-state index is -1.00. The van der Waals surface area contributed by atoms with Gasteiger partial charge < -0.3 is 10.2 Å². The Morgan fingerprint density at radius 3 is 2.83 bits per heavy atom. The lowest BCUT2D eigenvalue weighted by Gasteiger charge is -2.49. The smallest absolute Gasteiger partial charge is 0.155 e. The highest BCUT2D eigenvalue weighted by atomic mass is 16.3. The zero-order valence-corrected chi connectivity index (χ0v) is 11.6. The molecule has 0 aromatic carbocycles. The SMILES string of the molecule is C[C@@H]1CC(=O)C=C2CC[C@@H]([C@@](C)(O)CO)C[C@]21C. The van der Waals surface area contributed by atoms with Crippen molar-refractivity contribution in [2.24, 2.45) is 17.3 Å². The summed E-state index contributed by atoms with van der Waals surface area (Å²) < 4.78 is 0. The van der Waals surface area contributed by atoms with Crippen LogP contribution < -0.4 is 0 Å². The summed E-state index contributed by atoms with van der Waals surface area (Å²) >= 11 is 0. The van der Waals surface area contributed by atoms with E-state index >= 15 is 0 Å². The van der Waals surface area contributed by atoms with Gasteiger partial charge in [0.2, 0.25) is 0 Å². The number of carbonyl (C=O) groups is 1. The fourth-order valence-corrected chi connectivity index (χ4v) is 3.56. The van der Waals surface area contributed by atoms with E-state index in [4.69, 9.17) is 0 Å². The monoisotopic (exact) mass is 252 g/mol. The molecular weight excluding hydrogens is 228 g/mol. The van der Waals surface area contributed by atoms with E-state index in [0.717, 1.165) is 19.3 Å². The van der Waals surface area contributed by atoms with Gasteiger partial charge in [-0.1, -0.05) is 19.4 Å². The van der Waals surface area contributed by atoms with E-state index in [9.17, 15) is 15.0 Å². The first-order valence-corrected chi connectivity index (χ1v) is 6.86. The minimum absolute atomic E-state index is 0.00991. The molecule has 18 heavy (non-hydrogen) atoms. The molecule has 1 fully saturated rings. The van der Waals surface area contributed by atoms with Gasteiger partial charge in [0.1, 0.15) is 0 Å². The van der Waals surface area contributed by atoms with Crippen LogP contribution in [0.3, 0.4) is 0 Å². The first-order valence-electron chi connectivity index (χ1n) is 6.86. The number of aliphatic hydroxyl groups is 2. The van der Waals surface area contributed by atoms with Gasteiger partial charge in [-0.25, -0.2) is 0 Å². The van der Waals surface area contributed by atoms with Crippen molar-refractivity contribution in [1.82, 2.24) is 0 Å². The van der Waals surface area contributed by atoms with Crippen molar-refractivity contribution in [2.45, 2.75) is 52.1 Å². The molecule has 0 radical (unpaired) electrons. The van der Waals surface area contributed by atoms with Gasteiger partial charge in [0.05, 0.1) is 12.2 Å². The summed E-state index contributed by atoms with van der Waals surface area (Å²) in [6, 6.07) is 0. The predicted molar refractivity (Wildman–Crippen MR) is 70.0 cm³/mol. The molecule has 0 heterocycles. The highest BCUT2D eigenvalue weighted by Gasteiger charge is 2.47. The van der Waals surface area contributed by atoms with Crippen molar-refractivity contribution in [3.8, 4) is 0 Å². The van der Waals surface area contributed by atoms with Crippen LogP contribution in [0.1, 0.15) is 46.5 Å². The van der Waals surface area contributed by atoms with Gasteiger partial charge in [-0.05, 0) is 49.5 Å². The molecule has 3 nitrogen and oxygen atoms in total. The number of hydrogen-bond donors (Lipinski definition) is 2. The Labute approximate surface area is 109 Å². The molecule has 2 N–H and O–H groups in total. The second-order valence-electron chi connectivity index (χ2n) is 6.61. The number of rotatable bonds is 2. The molecule has 1 saturated carbocycles. The zero-order valence-electron chi connectivity index (χ0n) is 11.6. The quantitative estimate of drug-likeness (QED) is 0.791. The maximum absolute atomic E-state index is 11.6. The first-order chi connectivity index (χ1) is 8.29. The molecule has 4 atom stereocenters. The van der Waals surface area contributed by atoms with Crippen LogP contribution in [0, 0.1) is 17.3 Å². The van der Waals surface area contributed by atoms with E-state index in [1.165, 1.54) is 5.57 Å². The molecule has 3 heteroatoms. The maximum Gasteiger partial charge on any atom is 0.155 e. The summed E-state index contributed by atoms with van der Waals surface area (Å²) in [6.45, 7) is 5.85. The molecule has 0 aliphatic heterocycles. The summed E-state index contributed by atoms with van der Waals surface area (Å²) in [6.07, 6.45) is 5.01. The Morgan fingerprint density at radius 1 is 1.56 bits per heavy atom. The Morgan fingerprint density at radius 2 is 2.22 bits per heavy atom. The van der Waals surface area contributed by atoms with Gasteiger partial charge in [-0.3, -0.25) is 4.79 Å². The number of aliphatic hydroxyl groups excluding tert-OH is 1. The van der Waals surface area contributed by atoms with E-state index in [1.807, 2.05) is 6.08 Å². The van der Waals surface area contributed by atoms with E-state index < -0.39 is 5.60 Å². The highest BCUT2D eigenvalue weighted by molar-refractivity contribution is 5.92. The van der Waals surface area contributed by atoms with Gasteiger partial charge in [0.15, 0.2) is 5.78 Å². The maximum atomic E-state index is 11.6. The van der Waals surface area contributed by atoms with Gasteiger partial charge in [0.25, 0.3) is 0 Å². The topological polar surface area (TPSA) is 57.5 Å². The lowest BCUT2D eigenvalue weighted by atomic mass is 9.56. The molecule has 0 aromatic rings. The number of hydrogen-bond acceptors (Lipinski definition) is 3. The van der Waals surface area contributed by atoms with Crippen molar-refractivity contribution >= 4 is 5.78 Å². The van der Waals surface area contributed by atoms with Crippen molar-refractivity contribution in [2.75, 3.05) is 6.61 Å². The normalized spacial score (nSPS) is 39.8. The summed E-state index contributed by atoms with van der Waals surface area (Å²) in [7, 11) is 0. The molecule has 0 saturated heterocycles. The average Bonchev–Trinajstić information content (AvgIpc) is 2.30. The third kappa shape index (κ3) is 2.14. The Bertz CT molecular complexity index is 383. The standard InChI is InChI=1S/C15H24O3/c1-10-6-13(17)7-11-4-5-12(8-14(10,11)2)15(3,18)9-16/h7,10,12,16,18H,4-6,8-9H2,1-3H3/t10-,12-,14+,15+/m1/s1. The molecule has 2 aliphatic rings. The molecule has 102 valence electrons. The van der Waals surface area contributed by atoms with Crippen LogP contribution in [0.15, 0.2) is 11.6 Å². The zero-order chi connectivity index (χ0) is 13.6. The first kappa shape index (κ1) is 13.8. The number of carbonyl (C=O) groups excluding carboxylic acids is 1. The van der Waals surface area contributed by atoms with Crippen molar-refractivity contribution in [3.05, 3.63) is 11.6 Å². The number of fused-ring (bicyclic) bond motifs is 1. The van der Waals surface area contributed by atoms with E-state index in [0.29, 0.717) is 12.3 Å². The van der Waals surface area contributed by atoms with Crippen molar-refractivity contribution < 1.29 is 15.0 Å². The van der Waals surface area contributed by atoms with Gasteiger partial charge >= 0.3 is 0 Å². The largest absolute Gasteiger partial charge is 0.393 e. The van der Waals surface area contributed by atoms with Gasteiger partial charge in [-0.15, -0.1) is 0 Å². The second kappa shape index (κ2) is 4.46. The van der Waals surface area contributed by atoms with Crippen LogP contribution >= 0.6 is 0 Å². The molecule has 0 aromatic heterocycles. The number of ketones is 1. The Balaban J connectivity index is 2.26. The molecule has 0 bridgehead atoms. The summed E-state index contributed by atoms with van der Waals surface area (Å²) in [4.78, 5) is 11.6. The lowest BCUT2D eigenvalue weighted by Crippen LogP contribution is -2.47. The summed E-state index contributed by atoms with van der Waals surface area (Å²) in [5.74, 6) is 0.671. The van der Waals surface area contributed by atoms with Crippen LogP contribution in [0.5, 0.6) is 0 Å². The fraction of sp³-hybridized carbons (Fsp3) is 0.800. The molecule has 0 amide bonds. The van der Waals surface area contributed by atoms with Crippen molar-refractivity contribution in [3.63, 3.8) is 0 Å². The van der Waals surface area contributed by atoms with Crippen molar-refractivity contribution in [1.29, 1.82) is 0 Å². The molecule has 2 rings (SSSR count). The average molecular weight is 252 g/mol. The third-order valence-corrected chi connectivity index (χ3v) is 5.30. The molecule has 0 spiro atoms. The molecule has 2 aliphatic carbocycles. The fourth-order valence-electron chi connectivity index (χ4n) is 3.56. The van der Waals surface area contributed by atoms with E-state index in [2.05, 4.69) is 13.8 Å². The molecule has 0 unspecified atom stereocenters. The van der Waals surface area contributed by atoms with Gasteiger partial charge in [-0.2, -0.15) is 0 Å². The van der Waals surface area contributed by atoms with E-state index in [1.54, 1.807) is 6.92 Å². The Hall–Kier alpha value is -0.670. The third-order valence-electron chi connectivity index (χ3n) is 5.30. The number of allylic oxidation sites excluding steroid dienone is 2. The van der Waals surface area contributed by atoms with Crippen LogP contribution in [-0.2, 0) is 4.79 Å². The van der Waals surface area contributed by atoms with Crippen LogP contribution in [0.25, 0.3) is 0 Å². The van der Waals surface area contributed by atoms with Crippen LogP contribution in [0.2, 0.25) is 0 Å². The van der Waals surface area contributed by atoms with Gasteiger partial charge in [0, 0.05) is 6.42 Å². The lowest BCUT2D eigenvalue weighted by molar-refractivity contribution is -0.118. The highest BCUT2D eigenvalue weighted by Crippen LogP contribution is 2.53. The van der Waals surface area contributed by atoms with E-state index in [-0.39, 0.29) is 23.7 Å². The summed E-state index contributed by atoms with van der Waals surface area (Å²) in [5, 5.41) is 19.6. The predicted octanol–water partition coefficient (Wildman–Crippen LogP) is 2.07. The van der Waals surface area contributed by atoms with Crippen LogP contribution in [-0.4, -0.2) is 28.2 Å². The molecular formula is C15H24O3. The Kier molecular flexibility index (Phi) is 3.41. The van der Waals surface area contributed by atoms with Crippen LogP contribution in [0.4, 0.5) is 0 Å².